The fourth-order valence-corrected chi connectivity index (χ4v) is 3.97. The van der Waals surface area contributed by atoms with E-state index in [4.69, 9.17) is 4.98 Å². The van der Waals surface area contributed by atoms with Crippen LogP contribution in [0, 0.1) is 6.92 Å². The number of aromatic nitrogens is 4. The number of nitrogens with zero attached hydrogens (tertiary/aromatic N) is 4. The molecule has 1 N–H and O–H groups in total. The molecule has 5 nitrogen and oxygen atoms in total. The Hall–Kier alpha value is -1.95. The van der Waals surface area contributed by atoms with Crippen molar-refractivity contribution in [3.8, 4) is 0 Å². The first-order valence-electron chi connectivity index (χ1n) is 10.2. The molecule has 0 aliphatic carbocycles. The van der Waals surface area contributed by atoms with Gasteiger partial charge >= 0.3 is 0 Å². The van der Waals surface area contributed by atoms with Crippen molar-refractivity contribution in [2.45, 2.75) is 72.3 Å². The summed E-state index contributed by atoms with van der Waals surface area (Å²) in [6.07, 6.45) is 4.56. The summed E-state index contributed by atoms with van der Waals surface area (Å²) in [6.45, 7) is 10.9. The summed E-state index contributed by atoms with van der Waals surface area (Å²) in [7, 11) is 0. The van der Waals surface area contributed by atoms with Crippen molar-refractivity contribution in [1.82, 2.24) is 20.0 Å². The highest BCUT2D eigenvalue weighted by Crippen LogP contribution is 2.32. The van der Waals surface area contributed by atoms with Crippen molar-refractivity contribution in [3.05, 3.63) is 40.0 Å². The molecule has 0 bridgehead atoms. The summed E-state index contributed by atoms with van der Waals surface area (Å²) < 4.78 is 3.11. The van der Waals surface area contributed by atoms with Crippen molar-refractivity contribution < 1.29 is 0 Å². The highest BCUT2D eigenvalue weighted by Gasteiger charge is 2.18. The summed E-state index contributed by atoms with van der Waals surface area (Å²) in [5, 5.41) is 12.4. The average molecular weight is 444 g/mol. The van der Waals surface area contributed by atoms with Crippen molar-refractivity contribution >= 4 is 38.5 Å². The van der Waals surface area contributed by atoms with Crippen molar-refractivity contribution in [3.63, 3.8) is 0 Å². The molecule has 0 aliphatic heterocycles. The van der Waals surface area contributed by atoms with Gasteiger partial charge in [-0.2, -0.15) is 0 Å². The van der Waals surface area contributed by atoms with E-state index in [2.05, 4.69) is 88.2 Å². The lowest BCUT2D eigenvalue weighted by atomic mass is 10.0. The zero-order valence-electron chi connectivity index (χ0n) is 17.5. The molecule has 1 aromatic carbocycles. The zero-order valence-corrected chi connectivity index (χ0v) is 19.0. The van der Waals surface area contributed by atoms with Gasteiger partial charge in [-0.3, -0.25) is 0 Å². The van der Waals surface area contributed by atoms with E-state index in [1.807, 2.05) is 6.92 Å². The molecule has 1 unspecified atom stereocenters. The molecule has 3 rings (SSSR count). The largest absolute Gasteiger partial charge is 0.337 e. The molecular formula is C22H30BrN5. The summed E-state index contributed by atoms with van der Waals surface area (Å²) in [6, 6.07) is 8.87. The molecule has 2 heterocycles. The van der Waals surface area contributed by atoms with E-state index >= 15 is 0 Å². The van der Waals surface area contributed by atoms with Gasteiger partial charge in [-0.1, -0.05) is 51.8 Å². The lowest BCUT2D eigenvalue weighted by Gasteiger charge is -2.16. The molecule has 0 aliphatic rings. The first kappa shape index (κ1) is 20.8. The summed E-state index contributed by atoms with van der Waals surface area (Å²) >= 11 is 3.69. The van der Waals surface area contributed by atoms with Crippen LogP contribution in [0.1, 0.15) is 76.6 Å². The third kappa shape index (κ3) is 4.37. The second-order valence-electron chi connectivity index (χ2n) is 7.74. The van der Waals surface area contributed by atoms with Crippen LogP contribution in [-0.2, 0) is 0 Å². The van der Waals surface area contributed by atoms with Crippen LogP contribution in [0.25, 0.3) is 11.0 Å². The van der Waals surface area contributed by atoms with Gasteiger partial charge in [0, 0.05) is 10.2 Å². The third-order valence-corrected chi connectivity index (χ3v) is 5.87. The van der Waals surface area contributed by atoms with Gasteiger partial charge in [-0.25, -0.2) is 9.67 Å². The van der Waals surface area contributed by atoms with Crippen molar-refractivity contribution in [2.24, 2.45) is 0 Å². The Morgan fingerprint density at radius 1 is 1.18 bits per heavy atom. The molecule has 0 saturated heterocycles. The van der Waals surface area contributed by atoms with Crippen LogP contribution in [0.5, 0.6) is 0 Å². The van der Waals surface area contributed by atoms with Gasteiger partial charge in [0.15, 0.2) is 11.3 Å². The number of unbranched alkanes of at least 4 members (excludes halogenated alkanes) is 1. The van der Waals surface area contributed by atoms with E-state index < -0.39 is 0 Å². The van der Waals surface area contributed by atoms with Gasteiger partial charge in [0.1, 0.15) is 0 Å². The number of benzene rings is 1. The van der Waals surface area contributed by atoms with E-state index in [0.29, 0.717) is 12.0 Å². The van der Waals surface area contributed by atoms with Crippen LogP contribution in [0.15, 0.2) is 28.7 Å². The smallest absolute Gasteiger partial charge is 0.160 e. The second-order valence-corrected chi connectivity index (χ2v) is 8.59. The van der Waals surface area contributed by atoms with Crippen molar-refractivity contribution in [1.29, 1.82) is 0 Å². The van der Waals surface area contributed by atoms with Gasteiger partial charge in [0.25, 0.3) is 0 Å². The molecule has 3 aromatic rings. The van der Waals surface area contributed by atoms with E-state index in [9.17, 15) is 0 Å². The van der Waals surface area contributed by atoms with Gasteiger partial charge in [-0.15, -0.1) is 5.10 Å². The topological polar surface area (TPSA) is 55.6 Å². The van der Waals surface area contributed by atoms with Crippen LogP contribution in [0.2, 0.25) is 0 Å². The van der Waals surface area contributed by atoms with Crippen LogP contribution in [0.4, 0.5) is 11.5 Å². The van der Waals surface area contributed by atoms with E-state index in [-0.39, 0.29) is 0 Å². The fourth-order valence-electron chi connectivity index (χ4n) is 3.48. The summed E-state index contributed by atoms with van der Waals surface area (Å²) in [5.41, 5.74) is 5.11. The summed E-state index contributed by atoms with van der Waals surface area (Å²) in [5.74, 6) is 1.24. The maximum Gasteiger partial charge on any atom is 0.160 e. The number of nitrogens with one attached hydrogen (secondary N) is 1. The molecule has 28 heavy (non-hydrogen) atoms. The number of hydrogen-bond donors (Lipinski definition) is 1. The normalized spacial score (nSPS) is 12.7. The van der Waals surface area contributed by atoms with E-state index in [0.717, 1.165) is 45.5 Å². The molecule has 150 valence electrons. The van der Waals surface area contributed by atoms with Gasteiger partial charge in [0.05, 0.1) is 17.2 Å². The average Bonchev–Trinajstić information content (AvgIpc) is 3.07. The van der Waals surface area contributed by atoms with E-state index in [1.54, 1.807) is 0 Å². The van der Waals surface area contributed by atoms with Crippen LogP contribution in [-0.4, -0.2) is 20.0 Å². The third-order valence-electron chi connectivity index (χ3n) is 5.21. The standard InChI is InChI=1S/C22H30BrN5/c1-6-8-9-17(7-2)28-20-12-15(5)24-22(21(20)26-27-28)25-19-11-10-16(14(3)4)13-18(19)23/h10-14,17H,6-9H2,1-5H3,(H,24,25). The Kier molecular flexibility index (Phi) is 6.70. The Balaban J connectivity index is 1.98. The Bertz CT molecular complexity index is 947. The molecular weight excluding hydrogens is 414 g/mol. The van der Waals surface area contributed by atoms with Gasteiger partial charge in [-0.05, 0) is 65.4 Å². The maximum absolute atomic E-state index is 4.71. The minimum Gasteiger partial charge on any atom is -0.337 e. The highest BCUT2D eigenvalue weighted by molar-refractivity contribution is 9.10. The minimum atomic E-state index is 0.372. The minimum absolute atomic E-state index is 0.372. The van der Waals surface area contributed by atoms with Crippen LogP contribution in [0.3, 0.4) is 0 Å². The quantitative estimate of drug-likeness (QED) is 0.410. The first-order chi connectivity index (χ1) is 13.4. The molecule has 0 spiro atoms. The van der Waals surface area contributed by atoms with E-state index in [1.165, 1.54) is 18.4 Å². The molecule has 6 heteroatoms. The molecule has 0 radical (unpaired) electrons. The predicted molar refractivity (Wildman–Crippen MR) is 120 cm³/mol. The van der Waals surface area contributed by atoms with Gasteiger partial charge < -0.3 is 5.32 Å². The molecule has 1 atom stereocenters. The zero-order chi connectivity index (χ0) is 20.3. The number of rotatable bonds is 8. The highest BCUT2D eigenvalue weighted by atomic mass is 79.9. The fraction of sp³-hybridized carbons (Fsp3) is 0.500. The number of aryl methyl sites for hydroxylation is 1. The Labute approximate surface area is 176 Å². The number of fused-ring (bicyclic) bond motifs is 1. The Morgan fingerprint density at radius 3 is 2.61 bits per heavy atom. The maximum atomic E-state index is 4.71. The van der Waals surface area contributed by atoms with Gasteiger partial charge in [0.2, 0.25) is 0 Å². The Morgan fingerprint density at radius 2 is 1.96 bits per heavy atom. The number of halogens is 1. The number of hydrogen-bond acceptors (Lipinski definition) is 4. The van der Waals surface area contributed by atoms with Crippen molar-refractivity contribution in [2.75, 3.05) is 5.32 Å². The lowest BCUT2D eigenvalue weighted by molar-refractivity contribution is 0.402. The number of anilines is 2. The molecule has 0 saturated carbocycles. The molecule has 0 fully saturated rings. The number of pyridine rings is 1. The summed E-state index contributed by atoms with van der Waals surface area (Å²) in [4.78, 5) is 4.71. The lowest BCUT2D eigenvalue weighted by Crippen LogP contribution is -2.10. The predicted octanol–water partition coefficient (Wildman–Crippen LogP) is 6.91. The SMILES string of the molecule is CCCCC(CC)n1nnc2c(Nc3ccc(C(C)C)cc3Br)nc(C)cc21. The molecule has 0 amide bonds. The second kappa shape index (κ2) is 9.03. The molecule has 2 aromatic heterocycles. The monoisotopic (exact) mass is 443 g/mol. The first-order valence-corrected chi connectivity index (χ1v) is 11.0. The van der Waals surface area contributed by atoms with Crippen LogP contribution >= 0.6 is 15.9 Å². The van der Waals surface area contributed by atoms with Crippen LogP contribution < -0.4 is 5.32 Å².